The number of allylic oxidation sites excluding steroid dienone is 4. The van der Waals surface area contributed by atoms with E-state index in [1.54, 1.807) is 6.08 Å². The van der Waals surface area contributed by atoms with E-state index in [0.717, 1.165) is 38.5 Å². The molecule has 1 aliphatic rings. The van der Waals surface area contributed by atoms with Gasteiger partial charge in [-0.25, -0.2) is 4.57 Å². The summed E-state index contributed by atoms with van der Waals surface area (Å²) in [6.07, 6.45) is 38.4. The van der Waals surface area contributed by atoms with Gasteiger partial charge in [-0.05, 0) is 63.7 Å². The molecule has 1 saturated carbocycles. The molecule has 1 aliphatic carbocycles. The summed E-state index contributed by atoms with van der Waals surface area (Å²) < 4.78 is 32.9. The van der Waals surface area contributed by atoms with Gasteiger partial charge in [0.25, 0.3) is 0 Å². The summed E-state index contributed by atoms with van der Waals surface area (Å²) in [5, 5.41) is 31.3. The summed E-state index contributed by atoms with van der Waals surface area (Å²) in [6, 6.07) is 0. The molecule has 6 N–H and O–H groups in total. The lowest BCUT2D eigenvalue weighted by Gasteiger charge is -2.20. The first-order valence-corrected chi connectivity index (χ1v) is 26.2. The molecule has 0 aliphatic heterocycles. The molecule has 0 bridgehead atoms. The van der Waals surface area contributed by atoms with E-state index in [1.807, 2.05) is 18.2 Å². The Kier molecular flexibility index (Phi) is 37.0. The highest BCUT2D eigenvalue weighted by Gasteiger charge is 2.39. The monoisotopic (exact) mass is 900 g/mol. The minimum Gasteiger partial charge on any atom is -0.462 e. The van der Waals surface area contributed by atoms with E-state index in [1.165, 1.54) is 96.3 Å². The Morgan fingerprint density at radius 1 is 0.677 bits per heavy atom. The number of carbonyl (C=O) groups excluding carboxylic acids is 2. The Bertz CT molecular complexity index is 1230. The van der Waals surface area contributed by atoms with Gasteiger partial charge in [0.15, 0.2) is 6.10 Å². The van der Waals surface area contributed by atoms with Crippen LogP contribution in [0.1, 0.15) is 200 Å². The van der Waals surface area contributed by atoms with Crippen molar-refractivity contribution < 1.29 is 52.9 Å². The van der Waals surface area contributed by atoms with Crippen molar-refractivity contribution in [2.75, 3.05) is 26.4 Å². The van der Waals surface area contributed by atoms with Crippen molar-refractivity contribution in [2.45, 2.75) is 224 Å². The summed E-state index contributed by atoms with van der Waals surface area (Å²) in [6.45, 7) is 3.37. The first-order chi connectivity index (χ1) is 30.0. The van der Waals surface area contributed by atoms with Crippen molar-refractivity contribution in [2.24, 2.45) is 17.6 Å². The first kappa shape index (κ1) is 58.1. The summed E-state index contributed by atoms with van der Waals surface area (Å²) in [4.78, 5) is 35.2. The number of esters is 2. The molecule has 62 heavy (non-hydrogen) atoms. The molecule has 0 aromatic rings. The quantitative estimate of drug-likeness (QED) is 0.0169. The standard InChI is InChI=1S/C49H90NO11P/c1-3-5-7-8-9-10-11-12-13-14-15-16-17-18-19-20-21-22-23-24-30-34-49(55)61-43(41-60-62(56,57)59-38-37-50)40-58-48(54)33-29-26-25-28-32-44-45(47(53)39-46(44)52)36-35-42(51)31-27-6-4-2/h12-13,25,28,35-36,42-47,51-53H,3-11,14-24,26-27,29-34,37-41,50H2,1-2H3,(H,56,57)/b13-12-,28-25+,36-35+/t42-,43+,44+,45+,46-,47+/m0/s1. The molecule has 0 heterocycles. The molecule has 0 spiro atoms. The SMILES string of the molecule is CCCCCCCC/C=C\CCCCCCCCCCCCCC(=O)O[C@H](COC(=O)CCC/C=C/C[C@@H]1[C@@H](/C=C/[C@@H](O)CCCCC)[C@H](O)C[C@@H]1O)COP(=O)(O)OCCN. The zero-order valence-electron chi connectivity index (χ0n) is 38.9. The van der Waals surface area contributed by atoms with Gasteiger partial charge in [0.2, 0.25) is 0 Å². The number of rotatable bonds is 42. The van der Waals surface area contributed by atoms with E-state index >= 15 is 0 Å². The van der Waals surface area contributed by atoms with Crippen LogP contribution in [0.25, 0.3) is 0 Å². The zero-order chi connectivity index (χ0) is 45.5. The number of phosphoric acid groups is 1. The van der Waals surface area contributed by atoms with Crippen molar-refractivity contribution in [3.8, 4) is 0 Å². The van der Waals surface area contributed by atoms with Gasteiger partial charge in [0, 0.05) is 31.7 Å². The molecule has 0 saturated heterocycles. The molecular weight excluding hydrogens is 810 g/mol. The van der Waals surface area contributed by atoms with Gasteiger partial charge < -0.3 is 35.4 Å². The van der Waals surface area contributed by atoms with E-state index in [9.17, 15) is 34.4 Å². The van der Waals surface area contributed by atoms with Crippen molar-refractivity contribution in [1.82, 2.24) is 0 Å². The second kappa shape index (κ2) is 39.5. The molecule has 1 fully saturated rings. The third-order valence-corrected chi connectivity index (χ3v) is 12.6. The number of carbonyl (C=O) groups is 2. The van der Waals surface area contributed by atoms with Crippen LogP contribution in [-0.2, 0) is 32.7 Å². The molecule has 13 heteroatoms. The summed E-state index contributed by atoms with van der Waals surface area (Å²) in [5.74, 6) is -1.42. The summed E-state index contributed by atoms with van der Waals surface area (Å²) in [7, 11) is -4.44. The van der Waals surface area contributed by atoms with Crippen molar-refractivity contribution in [3.63, 3.8) is 0 Å². The second-order valence-electron chi connectivity index (χ2n) is 17.3. The Morgan fingerprint density at radius 2 is 1.21 bits per heavy atom. The maximum Gasteiger partial charge on any atom is 0.472 e. The molecular formula is C49H90NO11P. The smallest absolute Gasteiger partial charge is 0.462 e. The lowest BCUT2D eigenvalue weighted by molar-refractivity contribution is -0.161. The van der Waals surface area contributed by atoms with Gasteiger partial charge in [-0.3, -0.25) is 18.6 Å². The Labute approximate surface area is 376 Å². The molecule has 0 radical (unpaired) electrons. The maximum atomic E-state index is 12.7. The lowest BCUT2D eigenvalue weighted by Crippen LogP contribution is -2.29. The van der Waals surface area contributed by atoms with Gasteiger partial charge in [0.05, 0.1) is 31.5 Å². The number of nitrogens with two attached hydrogens (primary N) is 1. The predicted octanol–water partition coefficient (Wildman–Crippen LogP) is 10.9. The first-order valence-electron chi connectivity index (χ1n) is 24.7. The largest absolute Gasteiger partial charge is 0.472 e. The van der Waals surface area contributed by atoms with Crippen LogP contribution in [0.15, 0.2) is 36.5 Å². The molecule has 362 valence electrons. The van der Waals surface area contributed by atoms with Crippen LogP contribution in [-0.4, -0.2) is 82.9 Å². The predicted molar refractivity (Wildman–Crippen MR) is 249 cm³/mol. The fraction of sp³-hybridized carbons (Fsp3) is 0.837. The Hall–Kier alpha value is -1.89. The van der Waals surface area contributed by atoms with Crippen molar-refractivity contribution in [3.05, 3.63) is 36.5 Å². The Balaban J connectivity index is 2.31. The highest BCUT2D eigenvalue weighted by molar-refractivity contribution is 7.47. The summed E-state index contributed by atoms with van der Waals surface area (Å²) >= 11 is 0. The molecule has 1 rings (SSSR count). The highest BCUT2D eigenvalue weighted by Crippen LogP contribution is 2.43. The molecule has 12 nitrogen and oxygen atoms in total. The van der Waals surface area contributed by atoms with Gasteiger partial charge in [-0.1, -0.05) is 159 Å². The molecule has 1 unspecified atom stereocenters. The fourth-order valence-corrected chi connectivity index (χ4v) is 8.57. The average Bonchev–Trinajstić information content (AvgIpc) is 3.52. The minimum atomic E-state index is -4.44. The number of ether oxygens (including phenoxy) is 2. The van der Waals surface area contributed by atoms with E-state index in [4.69, 9.17) is 24.3 Å². The van der Waals surface area contributed by atoms with E-state index in [2.05, 4.69) is 26.0 Å². The topological polar surface area (TPSA) is 195 Å². The zero-order valence-corrected chi connectivity index (χ0v) is 39.8. The second-order valence-corrected chi connectivity index (χ2v) is 18.7. The lowest BCUT2D eigenvalue weighted by atomic mass is 9.89. The number of aliphatic hydroxyl groups is 3. The molecule has 0 amide bonds. The number of aliphatic hydroxyl groups excluding tert-OH is 3. The van der Waals surface area contributed by atoms with Crippen molar-refractivity contribution in [1.29, 1.82) is 0 Å². The minimum absolute atomic E-state index is 0.0184. The van der Waals surface area contributed by atoms with Crippen LogP contribution in [0.3, 0.4) is 0 Å². The average molecular weight is 900 g/mol. The van der Waals surface area contributed by atoms with E-state index < -0.39 is 50.8 Å². The molecule has 0 aromatic heterocycles. The third kappa shape index (κ3) is 32.7. The fourth-order valence-electron chi connectivity index (χ4n) is 7.80. The van der Waals surface area contributed by atoms with Gasteiger partial charge in [-0.15, -0.1) is 0 Å². The number of hydrogen-bond donors (Lipinski definition) is 5. The van der Waals surface area contributed by atoms with Crippen LogP contribution in [0, 0.1) is 11.8 Å². The van der Waals surface area contributed by atoms with E-state index in [-0.39, 0.29) is 44.4 Å². The Morgan fingerprint density at radius 3 is 1.82 bits per heavy atom. The third-order valence-electron chi connectivity index (χ3n) is 11.6. The normalized spacial score (nSPS) is 20.0. The van der Waals surface area contributed by atoms with Gasteiger partial charge in [0.1, 0.15) is 6.61 Å². The maximum absolute atomic E-state index is 12.7. The van der Waals surface area contributed by atoms with Crippen LogP contribution < -0.4 is 5.73 Å². The molecule has 0 aromatic carbocycles. The van der Waals surface area contributed by atoms with Crippen LogP contribution in [0.5, 0.6) is 0 Å². The van der Waals surface area contributed by atoms with Crippen LogP contribution >= 0.6 is 7.82 Å². The molecule has 7 atom stereocenters. The summed E-state index contributed by atoms with van der Waals surface area (Å²) in [5.41, 5.74) is 5.36. The van der Waals surface area contributed by atoms with Gasteiger partial charge >= 0.3 is 19.8 Å². The van der Waals surface area contributed by atoms with Crippen molar-refractivity contribution >= 4 is 19.8 Å². The number of hydrogen-bond acceptors (Lipinski definition) is 11. The number of phosphoric ester groups is 1. The number of unbranched alkanes of at least 4 members (excludes halogenated alkanes) is 20. The highest BCUT2D eigenvalue weighted by atomic mass is 31.2. The van der Waals surface area contributed by atoms with Gasteiger partial charge in [-0.2, -0.15) is 0 Å². The van der Waals surface area contributed by atoms with Crippen LogP contribution in [0.2, 0.25) is 0 Å². The van der Waals surface area contributed by atoms with E-state index in [0.29, 0.717) is 38.5 Å². The van der Waals surface area contributed by atoms with Crippen LogP contribution in [0.4, 0.5) is 0 Å².